The predicted octanol–water partition coefficient (Wildman–Crippen LogP) is 3.14. The highest BCUT2D eigenvalue weighted by molar-refractivity contribution is 7.99. The summed E-state index contributed by atoms with van der Waals surface area (Å²) in [4.78, 5) is 12.8. The number of aromatic nitrogens is 6. The molecule has 25 heavy (non-hydrogen) atoms. The van der Waals surface area contributed by atoms with Crippen LogP contribution in [-0.2, 0) is 11.3 Å². The van der Waals surface area contributed by atoms with Gasteiger partial charge in [-0.1, -0.05) is 0 Å². The summed E-state index contributed by atoms with van der Waals surface area (Å²) >= 11 is 3.12. The Morgan fingerprint density at radius 3 is 2.88 bits per heavy atom. The van der Waals surface area contributed by atoms with Gasteiger partial charge in [0.15, 0.2) is 11.0 Å². The molecule has 0 unspecified atom stereocenters. The van der Waals surface area contributed by atoms with Crippen LogP contribution in [0.15, 0.2) is 52.5 Å². The number of thiophene rings is 1. The Morgan fingerprint density at radius 2 is 2.04 bits per heavy atom. The van der Waals surface area contributed by atoms with Crippen LogP contribution in [0.2, 0.25) is 0 Å². The SMILES string of the molecule is COCCn1c(Sc2ncnc3ccsc23)nnc1-c1ccncc1. The Morgan fingerprint density at radius 1 is 1.16 bits per heavy atom. The van der Waals surface area contributed by atoms with Crippen LogP contribution in [-0.4, -0.2) is 43.4 Å². The van der Waals surface area contributed by atoms with Crippen molar-refractivity contribution in [2.75, 3.05) is 13.7 Å². The highest BCUT2D eigenvalue weighted by Crippen LogP contribution is 2.34. The third-order valence-corrected chi connectivity index (χ3v) is 5.60. The van der Waals surface area contributed by atoms with Gasteiger partial charge in [-0.05, 0) is 35.3 Å². The normalized spacial score (nSPS) is 11.2. The molecule has 4 heterocycles. The molecule has 0 radical (unpaired) electrons. The largest absolute Gasteiger partial charge is 0.383 e. The quantitative estimate of drug-likeness (QED) is 0.482. The van der Waals surface area contributed by atoms with Gasteiger partial charge >= 0.3 is 0 Å². The number of hydrogen-bond donors (Lipinski definition) is 0. The van der Waals surface area contributed by atoms with Crippen LogP contribution in [0.4, 0.5) is 0 Å². The Balaban J connectivity index is 1.74. The van der Waals surface area contributed by atoms with Crippen molar-refractivity contribution >= 4 is 33.3 Å². The first kappa shape index (κ1) is 16.1. The molecule has 126 valence electrons. The van der Waals surface area contributed by atoms with E-state index in [0.29, 0.717) is 13.2 Å². The highest BCUT2D eigenvalue weighted by Gasteiger charge is 2.17. The van der Waals surface area contributed by atoms with Gasteiger partial charge in [-0.3, -0.25) is 9.55 Å². The summed E-state index contributed by atoms with van der Waals surface area (Å²) in [5, 5.41) is 12.4. The summed E-state index contributed by atoms with van der Waals surface area (Å²) < 4.78 is 8.35. The number of ether oxygens (including phenoxy) is 1. The van der Waals surface area contributed by atoms with Gasteiger partial charge in [0.2, 0.25) is 0 Å². The standard InChI is InChI=1S/C16H14N6OS2/c1-23-8-7-22-14(11-2-5-17-6-3-11)20-21-16(22)25-15-13-12(4-9-24-13)18-10-19-15/h2-6,9-10H,7-8H2,1H3. The van der Waals surface area contributed by atoms with E-state index in [0.717, 1.165) is 31.8 Å². The van der Waals surface area contributed by atoms with Gasteiger partial charge in [0.1, 0.15) is 11.4 Å². The summed E-state index contributed by atoms with van der Waals surface area (Å²) in [6, 6.07) is 5.83. The first-order valence-corrected chi connectivity index (χ1v) is 9.25. The van der Waals surface area contributed by atoms with Crippen LogP contribution in [0, 0.1) is 0 Å². The van der Waals surface area contributed by atoms with Gasteiger partial charge in [0, 0.05) is 25.1 Å². The van der Waals surface area contributed by atoms with Crippen LogP contribution in [0.3, 0.4) is 0 Å². The number of nitrogens with zero attached hydrogens (tertiary/aromatic N) is 6. The van der Waals surface area contributed by atoms with Crippen molar-refractivity contribution in [2.24, 2.45) is 0 Å². The van der Waals surface area contributed by atoms with Crippen molar-refractivity contribution in [3.63, 3.8) is 0 Å². The summed E-state index contributed by atoms with van der Waals surface area (Å²) in [5.41, 5.74) is 1.91. The smallest absolute Gasteiger partial charge is 0.197 e. The molecule has 0 fully saturated rings. The van der Waals surface area contributed by atoms with Crippen LogP contribution >= 0.6 is 23.1 Å². The van der Waals surface area contributed by atoms with Gasteiger partial charge in [-0.25, -0.2) is 9.97 Å². The maximum absolute atomic E-state index is 5.25. The fraction of sp³-hybridized carbons (Fsp3) is 0.188. The minimum absolute atomic E-state index is 0.571. The molecule has 0 aliphatic carbocycles. The Labute approximate surface area is 152 Å². The van der Waals surface area contributed by atoms with Gasteiger partial charge in [0.25, 0.3) is 0 Å². The van der Waals surface area contributed by atoms with Crippen LogP contribution in [0.1, 0.15) is 0 Å². The second kappa shape index (κ2) is 7.26. The summed E-state index contributed by atoms with van der Waals surface area (Å²) in [6.07, 6.45) is 5.07. The maximum Gasteiger partial charge on any atom is 0.197 e. The fourth-order valence-electron chi connectivity index (χ4n) is 2.39. The molecule has 0 N–H and O–H groups in total. The van der Waals surface area contributed by atoms with E-state index in [1.54, 1.807) is 37.2 Å². The number of methoxy groups -OCH3 is 1. The summed E-state index contributed by atoms with van der Waals surface area (Å²) in [7, 11) is 1.68. The molecular formula is C16H14N6OS2. The van der Waals surface area contributed by atoms with E-state index in [2.05, 4.69) is 25.1 Å². The molecule has 0 aliphatic heterocycles. The lowest BCUT2D eigenvalue weighted by Gasteiger charge is -2.09. The van der Waals surface area contributed by atoms with Gasteiger partial charge in [-0.2, -0.15) is 0 Å². The minimum atomic E-state index is 0.571. The molecular weight excluding hydrogens is 356 g/mol. The second-order valence-corrected chi connectivity index (χ2v) is 6.97. The summed E-state index contributed by atoms with van der Waals surface area (Å²) in [6.45, 7) is 1.23. The Bertz CT molecular complexity index is 985. The first-order chi connectivity index (χ1) is 12.4. The number of fused-ring (bicyclic) bond motifs is 1. The lowest BCUT2D eigenvalue weighted by molar-refractivity contribution is 0.185. The zero-order valence-electron chi connectivity index (χ0n) is 13.4. The molecule has 0 saturated heterocycles. The highest BCUT2D eigenvalue weighted by atomic mass is 32.2. The molecule has 4 rings (SSSR count). The zero-order chi connectivity index (χ0) is 17.1. The molecule has 0 aliphatic rings. The lowest BCUT2D eigenvalue weighted by Crippen LogP contribution is -2.07. The van der Waals surface area contributed by atoms with E-state index >= 15 is 0 Å². The summed E-state index contributed by atoms with van der Waals surface area (Å²) in [5.74, 6) is 0.790. The van der Waals surface area contributed by atoms with Gasteiger partial charge in [0.05, 0.1) is 23.4 Å². The molecule has 0 bridgehead atoms. The van der Waals surface area contributed by atoms with Crippen LogP contribution in [0.25, 0.3) is 21.6 Å². The average molecular weight is 370 g/mol. The lowest BCUT2D eigenvalue weighted by atomic mass is 10.2. The molecule has 9 heteroatoms. The maximum atomic E-state index is 5.25. The van der Waals surface area contributed by atoms with E-state index in [9.17, 15) is 0 Å². The van der Waals surface area contributed by atoms with Crippen molar-refractivity contribution in [3.8, 4) is 11.4 Å². The Hall–Kier alpha value is -2.36. The topological polar surface area (TPSA) is 78.6 Å². The number of rotatable bonds is 6. The second-order valence-electron chi connectivity index (χ2n) is 5.10. The molecule has 7 nitrogen and oxygen atoms in total. The van der Waals surface area contributed by atoms with Crippen molar-refractivity contribution < 1.29 is 4.74 Å². The molecule has 4 aromatic rings. The number of hydrogen-bond acceptors (Lipinski definition) is 8. The Kier molecular flexibility index (Phi) is 4.68. The molecule has 0 atom stereocenters. The fourth-order valence-corrected chi connectivity index (χ4v) is 4.23. The monoisotopic (exact) mass is 370 g/mol. The third-order valence-electron chi connectivity index (χ3n) is 3.57. The van der Waals surface area contributed by atoms with Crippen molar-refractivity contribution in [2.45, 2.75) is 16.7 Å². The van der Waals surface area contributed by atoms with E-state index in [-0.39, 0.29) is 0 Å². The zero-order valence-corrected chi connectivity index (χ0v) is 15.0. The molecule has 0 spiro atoms. The average Bonchev–Trinajstić information content (AvgIpc) is 3.28. The predicted molar refractivity (Wildman–Crippen MR) is 96.7 cm³/mol. The van der Waals surface area contributed by atoms with Gasteiger partial charge in [-0.15, -0.1) is 21.5 Å². The number of pyridine rings is 1. The minimum Gasteiger partial charge on any atom is -0.383 e. The molecule has 0 amide bonds. The molecule has 0 aromatic carbocycles. The van der Waals surface area contributed by atoms with E-state index in [1.807, 2.05) is 28.1 Å². The third kappa shape index (κ3) is 3.26. The van der Waals surface area contributed by atoms with Gasteiger partial charge < -0.3 is 4.74 Å². The van der Waals surface area contributed by atoms with Crippen molar-refractivity contribution in [3.05, 3.63) is 42.3 Å². The van der Waals surface area contributed by atoms with Crippen LogP contribution < -0.4 is 0 Å². The molecule has 4 aromatic heterocycles. The van der Waals surface area contributed by atoms with Crippen molar-refractivity contribution in [1.29, 1.82) is 0 Å². The van der Waals surface area contributed by atoms with E-state index < -0.39 is 0 Å². The first-order valence-electron chi connectivity index (χ1n) is 7.55. The van der Waals surface area contributed by atoms with E-state index in [4.69, 9.17) is 4.74 Å². The van der Waals surface area contributed by atoms with E-state index in [1.165, 1.54) is 11.8 Å². The molecule has 0 saturated carbocycles. The van der Waals surface area contributed by atoms with Crippen LogP contribution in [0.5, 0.6) is 0 Å². The van der Waals surface area contributed by atoms with Crippen molar-refractivity contribution in [1.82, 2.24) is 29.7 Å².